The Hall–Kier alpha value is -3.43. The van der Waals surface area contributed by atoms with Crippen LogP contribution in [0, 0.1) is 0 Å². The van der Waals surface area contributed by atoms with E-state index in [0.29, 0.717) is 17.3 Å². The van der Waals surface area contributed by atoms with Gasteiger partial charge in [0.15, 0.2) is 9.84 Å². The van der Waals surface area contributed by atoms with E-state index < -0.39 is 15.1 Å². The fourth-order valence-corrected chi connectivity index (χ4v) is 4.22. The molecule has 0 aliphatic heterocycles. The predicted molar refractivity (Wildman–Crippen MR) is 121 cm³/mol. The first-order valence-electron chi connectivity index (χ1n) is 10.1. The monoisotopic (exact) mass is 449 g/mol. The molecule has 0 saturated heterocycles. The number of nitrogens with one attached hydrogen (secondary N) is 1. The summed E-state index contributed by atoms with van der Waals surface area (Å²) in [6.45, 7) is 4.06. The van der Waals surface area contributed by atoms with Crippen LogP contribution in [0.2, 0.25) is 0 Å². The van der Waals surface area contributed by atoms with E-state index in [4.69, 9.17) is 4.42 Å². The van der Waals surface area contributed by atoms with E-state index in [9.17, 15) is 8.42 Å². The van der Waals surface area contributed by atoms with Crippen molar-refractivity contribution >= 4 is 9.84 Å². The lowest BCUT2D eigenvalue weighted by molar-refractivity contribution is 0.581. The maximum atomic E-state index is 12.3. The Morgan fingerprint density at radius 1 is 0.938 bits per heavy atom. The SMILES string of the molecule is CNCc1cccc(-c2nnc(-c3cncc(-c4ccc(S(=O)(=O)C(C)C)cc4)n3)o2)c1. The van der Waals surface area contributed by atoms with Crippen LogP contribution in [0.3, 0.4) is 0 Å². The molecule has 164 valence electrons. The van der Waals surface area contributed by atoms with Gasteiger partial charge in [0, 0.05) is 17.7 Å². The number of sulfone groups is 1. The Morgan fingerprint density at radius 3 is 2.38 bits per heavy atom. The first kappa shape index (κ1) is 21.8. The average molecular weight is 450 g/mol. The minimum Gasteiger partial charge on any atom is -0.415 e. The van der Waals surface area contributed by atoms with Crippen LogP contribution in [-0.2, 0) is 16.4 Å². The molecule has 0 aliphatic rings. The van der Waals surface area contributed by atoms with Gasteiger partial charge in [0.1, 0.15) is 5.69 Å². The van der Waals surface area contributed by atoms with Crippen LogP contribution >= 0.6 is 0 Å². The van der Waals surface area contributed by atoms with Crippen LogP contribution in [0.4, 0.5) is 0 Å². The zero-order valence-electron chi connectivity index (χ0n) is 18.0. The second kappa shape index (κ2) is 8.97. The third-order valence-electron chi connectivity index (χ3n) is 4.93. The van der Waals surface area contributed by atoms with Gasteiger partial charge < -0.3 is 9.73 Å². The van der Waals surface area contributed by atoms with Crippen molar-refractivity contribution in [1.82, 2.24) is 25.5 Å². The minimum atomic E-state index is -3.33. The lowest BCUT2D eigenvalue weighted by atomic mass is 10.1. The molecule has 0 aliphatic carbocycles. The third-order valence-corrected chi connectivity index (χ3v) is 7.10. The predicted octanol–water partition coefficient (Wildman–Crippen LogP) is 3.76. The van der Waals surface area contributed by atoms with Crippen molar-refractivity contribution in [3.63, 3.8) is 0 Å². The molecule has 2 aromatic carbocycles. The molecular formula is C23H23N5O3S. The molecule has 0 unspecified atom stereocenters. The molecule has 0 fully saturated rings. The second-order valence-corrected chi connectivity index (χ2v) is 10.1. The van der Waals surface area contributed by atoms with E-state index in [2.05, 4.69) is 25.5 Å². The molecule has 2 aromatic heterocycles. The largest absolute Gasteiger partial charge is 0.415 e. The van der Waals surface area contributed by atoms with E-state index >= 15 is 0 Å². The van der Waals surface area contributed by atoms with Crippen LogP contribution in [-0.4, -0.2) is 40.9 Å². The first-order chi connectivity index (χ1) is 15.4. The van der Waals surface area contributed by atoms with Gasteiger partial charge in [-0.15, -0.1) is 10.2 Å². The number of benzene rings is 2. The van der Waals surface area contributed by atoms with Gasteiger partial charge in [0.05, 0.1) is 28.2 Å². The minimum absolute atomic E-state index is 0.257. The number of nitrogens with zero attached hydrogens (tertiary/aromatic N) is 4. The van der Waals surface area contributed by atoms with Crippen LogP contribution in [0.15, 0.2) is 70.2 Å². The van der Waals surface area contributed by atoms with Crippen molar-refractivity contribution < 1.29 is 12.8 Å². The highest BCUT2D eigenvalue weighted by atomic mass is 32.2. The Kier molecular flexibility index (Phi) is 6.11. The molecule has 0 saturated carbocycles. The summed E-state index contributed by atoms with van der Waals surface area (Å²) < 4.78 is 30.5. The number of hydrogen-bond donors (Lipinski definition) is 1. The molecule has 9 heteroatoms. The summed E-state index contributed by atoms with van der Waals surface area (Å²) in [5.74, 6) is 0.653. The molecule has 8 nitrogen and oxygen atoms in total. The third kappa shape index (κ3) is 4.44. The second-order valence-electron chi connectivity index (χ2n) is 7.55. The van der Waals surface area contributed by atoms with Crippen LogP contribution in [0.1, 0.15) is 19.4 Å². The number of rotatable bonds is 7. The van der Waals surface area contributed by atoms with E-state index in [0.717, 1.165) is 23.2 Å². The van der Waals surface area contributed by atoms with Crippen molar-refractivity contribution in [2.24, 2.45) is 0 Å². The van der Waals surface area contributed by atoms with Crippen LogP contribution < -0.4 is 5.32 Å². The molecule has 32 heavy (non-hydrogen) atoms. The molecule has 0 bridgehead atoms. The van der Waals surface area contributed by atoms with Gasteiger partial charge >= 0.3 is 0 Å². The highest BCUT2D eigenvalue weighted by Gasteiger charge is 2.19. The molecule has 0 amide bonds. The fourth-order valence-electron chi connectivity index (χ4n) is 3.16. The summed E-state index contributed by atoms with van der Waals surface area (Å²) in [5, 5.41) is 10.9. The molecular weight excluding hydrogens is 426 g/mol. The fraction of sp³-hybridized carbons (Fsp3) is 0.217. The van der Waals surface area contributed by atoms with Gasteiger partial charge in [-0.05, 0) is 50.7 Å². The topological polar surface area (TPSA) is 111 Å². The Labute approximate surface area is 186 Å². The van der Waals surface area contributed by atoms with Crippen molar-refractivity contribution in [3.8, 4) is 34.3 Å². The summed E-state index contributed by atoms with van der Waals surface area (Å²) in [4.78, 5) is 9.10. The summed E-state index contributed by atoms with van der Waals surface area (Å²) in [6, 6.07) is 14.5. The van der Waals surface area contributed by atoms with E-state index in [-0.39, 0.29) is 10.8 Å². The Balaban J connectivity index is 1.61. The van der Waals surface area contributed by atoms with Gasteiger partial charge in [-0.1, -0.05) is 24.3 Å². The summed E-state index contributed by atoms with van der Waals surface area (Å²) in [6.07, 6.45) is 3.16. The zero-order valence-corrected chi connectivity index (χ0v) is 18.8. The number of aromatic nitrogens is 4. The maximum Gasteiger partial charge on any atom is 0.268 e. The lowest BCUT2D eigenvalue weighted by Crippen LogP contribution is -2.13. The van der Waals surface area contributed by atoms with Crippen molar-refractivity contribution in [2.75, 3.05) is 7.05 Å². The molecule has 0 spiro atoms. The molecule has 0 atom stereocenters. The highest BCUT2D eigenvalue weighted by molar-refractivity contribution is 7.92. The van der Waals surface area contributed by atoms with Crippen molar-refractivity contribution in [2.45, 2.75) is 30.5 Å². The normalized spacial score (nSPS) is 11.8. The van der Waals surface area contributed by atoms with Gasteiger partial charge in [-0.25, -0.2) is 13.4 Å². The van der Waals surface area contributed by atoms with Crippen molar-refractivity contribution in [3.05, 3.63) is 66.5 Å². The smallest absolute Gasteiger partial charge is 0.268 e. The molecule has 4 aromatic rings. The summed E-state index contributed by atoms with van der Waals surface area (Å²) in [7, 11) is -1.44. The van der Waals surface area contributed by atoms with Crippen LogP contribution in [0.5, 0.6) is 0 Å². The van der Waals surface area contributed by atoms with Gasteiger partial charge in [0.2, 0.25) is 5.89 Å². The average Bonchev–Trinajstić information content (AvgIpc) is 3.30. The molecule has 4 rings (SSSR count). The van der Waals surface area contributed by atoms with Crippen molar-refractivity contribution in [1.29, 1.82) is 0 Å². The lowest BCUT2D eigenvalue weighted by Gasteiger charge is -2.08. The van der Waals surface area contributed by atoms with E-state index in [1.165, 1.54) is 0 Å². The molecule has 1 N–H and O–H groups in total. The number of hydrogen-bond acceptors (Lipinski definition) is 8. The molecule has 2 heterocycles. The highest BCUT2D eigenvalue weighted by Crippen LogP contribution is 2.26. The quantitative estimate of drug-likeness (QED) is 0.454. The maximum absolute atomic E-state index is 12.3. The van der Waals surface area contributed by atoms with Gasteiger partial charge in [-0.2, -0.15) is 0 Å². The van der Waals surface area contributed by atoms with Gasteiger partial charge in [-0.3, -0.25) is 4.98 Å². The molecule has 0 radical (unpaired) electrons. The Morgan fingerprint density at radius 2 is 1.66 bits per heavy atom. The van der Waals surface area contributed by atoms with E-state index in [1.54, 1.807) is 50.5 Å². The summed E-state index contributed by atoms with van der Waals surface area (Å²) in [5.41, 5.74) is 3.68. The first-order valence-corrected chi connectivity index (χ1v) is 11.7. The van der Waals surface area contributed by atoms with Crippen LogP contribution in [0.25, 0.3) is 34.3 Å². The zero-order chi connectivity index (χ0) is 22.7. The van der Waals surface area contributed by atoms with Gasteiger partial charge in [0.25, 0.3) is 5.89 Å². The standard InChI is InChI=1S/C23H23N5O3S/c1-15(2)32(29,30)19-9-7-17(8-10-19)20-13-25-14-21(26-20)23-28-27-22(31-23)18-6-4-5-16(11-18)12-24-3/h4-11,13-15,24H,12H2,1-3H3. The summed E-state index contributed by atoms with van der Waals surface area (Å²) >= 11 is 0. The Bertz CT molecular complexity index is 1330. The van der Waals surface area contributed by atoms with E-state index in [1.807, 2.05) is 31.3 Å².